The summed E-state index contributed by atoms with van der Waals surface area (Å²) in [6.45, 7) is 3.63. The second-order valence-electron chi connectivity index (χ2n) is 7.66. The summed E-state index contributed by atoms with van der Waals surface area (Å²) in [5, 5.41) is 17.7. The number of amides is 2. The Morgan fingerprint density at radius 3 is 2.82 bits per heavy atom. The SMILES string of the molecule is CCOc1ccc(-c2noc(CCC(=O)NCCCNC3=C4C=CC=CC4C(=O)N=N3)n2)cc1. The number of carbonyl (C=O) groups is 2. The molecule has 1 aromatic heterocycles. The molecule has 2 amide bonds. The zero-order valence-electron chi connectivity index (χ0n) is 18.9. The minimum Gasteiger partial charge on any atom is -0.494 e. The molecule has 4 rings (SSSR count). The summed E-state index contributed by atoms with van der Waals surface area (Å²) in [6, 6.07) is 7.44. The highest BCUT2D eigenvalue weighted by Crippen LogP contribution is 2.27. The number of hydrogen-bond acceptors (Lipinski definition) is 8. The van der Waals surface area contributed by atoms with Crippen molar-refractivity contribution in [2.24, 2.45) is 16.1 Å². The Balaban J connectivity index is 1.16. The molecular weight excluding hydrogens is 436 g/mol. The molecule has 2 aliphatic rings. The third kappa shape index (κ3) is 5.83. The van der Waals surface area contributed by atoms with E-state index >= 15 is 0 Å². The van der Waals surface area contributed by atoms with Gasteiger partial charge >= 0.3 is 0 Å². The van der Waals surface area contributed by atoms with E-state index in [1.165, 1.54) is 0 Å². The highest BCUT2D eigenvalue weighted by atomic mass is 16.5. The second-order valence-corrected chi connectivity index (χ2v) is 7.66. The van der Waals surface area contributed by atoms with Crippen LogP contribution in [0.2, 0.25) is 0 Å². The lowest BCUT2D eigenvalue weighted by molar-refractivity contribution is -0.121. The lowest BCUT2D eigenvalue weighted by Gasteiger charge is -2.20. The van der Waals surface area contributed by atoms with Gasteiger partial charge in [-0.15, -0.1) is 10.2 Å². The Kier molecular flexibility index (Phi) is 7.59. The third-order valence-corrected chi connectivity index (χ3v) is 5.24. The molecule has 10 heteroatoms. The minimum atomic E-state index is -0.371. The summed E-state index contributed by atoms with van der Waals surface area (Å²) in [7, 11) is 0. The number of allylic oxidation sites excluding steroid dienone is 3. The first-order chi connectivity index (χ1) is 16.6. The molecule has 1 aliphatic carbocycles. The number of aryl methyl sites for hydroxylation is 1. The summed E-state index contributed by atoms with van der Waals surface area (Å²) < 4.78 is 10.7. The number of ether oxygens (including phenoxy) is 1. The molecule has 0 saturated heterocycles. The van der Waals surface area contributed by atoms with Crippen molar-refractivity contribution in [3.63, 3.8) is 0 Å². The molecule has 10 nitrogen and oxygen atoms in total. The maximum Gasteiger partial charge on any atom is 0.276 e. The van der Waals surface area contributed by atoms with Crippen LogP contribution in [0.25, 0.3) is 11.4 Å². The van der Waals surface area contributed by atoms with Crippen LogP contribution in [-0.4, -0.2) is 41.7 Å². The summed E-state index contributed by atoms with van der Waals surface area (Å²) in [5.74, 6) is 1.54. The molecule has 34 heavy (non-hydrogen) atoms. The Labute approximate surface area is 196 Å². The Morgan fingerprint density at radius 1 is 1.15 bits per heavy atom. The van der Waals surface area contributed by atoms with Crippen LogP contribution in [0.5, 0.6) is 5.75 Å². The van der Waals surface area contributed by atoms with Crippen molar-refractivity contribution in [3.8, 4) is 17.1 Å². The molecule has 2 heterocycles. The molecule has 0 saturated carbocycles. The first-order valence-corrected chi connectivity index (χ1v) is 11.2. The molecule has 0 fully saturated rings. The number of azo groups is 1. The molecule has 1 unspecified atom stereocenters. The smallest absolute Gasteiger partial charge is 0.276 e. The van der Waals surface area contributed by atoms with Crippen LogP contribution in [0, 0.1) is 5.92 Å². The van der Waals surface area contributed by atoms with Crippen LogP contribution in [0.1, 0.15) is 25.7 Å². The number of hydrogen-bond donors (Lipinski definition) is 2. The van der Waals surface area contributed by atoms with Crippen molar-refractivity contribution in [1.82, 2.24) is 20.8 Å². The average molecular weight is 463 g/mol. The predicted molar refractivity (Wildman–Crippen MR) is 124 cm³/mol. The van der Waals surface area contributed by atoms with E-state index in [0.29, 0.717) is 50.1 Å². The van der Waals surface area contributed by atoms with E-state index in [0.717, 1.165) is 16.9 Å². The summed E-state index contributed by atoms with van der Waals surface area (Å²) >= 11 is 0. The first kappa shape index (κ1) is 23.1. The summed E-state index contributed by atoms with van der Waals surface area (Å²) in [6.07, 6.45) is 8.68. The predicted octanol–water partition coefficient (Wildman–Crippen LogP) is 3.11. The van der Waals surface area contributed by atoms with E-state index < -0.39 is 0 Å². The quantitative estimate of drug-likeness (QED) is 0.491. The molecule has 0 bridgehead atoms. The average Bonchev–Trinajstić information content (AvgIpc) is 3.34. The van der Waals surface area contributed by atoms with Crippen LogP contribution >= 0.6 is 0 Å². The monoisotopic (exact) mass is 462 g/mol. The van der Waals surface area contributed by atoms with Crippen LogP contribution < -0.4 is 15.4 Å². The Morgan fingerprint density at radius 2 is 2.00 bits per heavy atom. The van der Waals surface area contributed by atoms with Gasteiger partial charge in [-0.1, -0.05) is 29.5 Å². The lowest BCUT2D eigenvalue weighted by atomic mass is 9.93. The molecular formula is C24H26N6O4. The van der Waals surface area contributed by atoms with Crippen LogP contribution in [0.4, 0.5) is 0 Å². The van der Waals surface area contributed by atoms with Gasteiger partial charge in [0, 0.05) is 37.1 Å². The van der Waals surface area contributed by atoms with Crippen LogP contribution in [0.15, 0.2) is 74.7 Å². The molecule has 2 N–H and O–H groups in total. The van der Waals surface area contributed by atoms with Crippen molar-refractivity contribution in [2.45, 2.75) is 26.2 Å². The first-order valence-electron chi connectivity index (χ1n) is 11.2. The minimum absolute atomic E-state index is 0.0915. The van der Waals surface area contributed by atoms with Gasteiger partial charge in [-0.25, -0.2) is 0 Å². The third-order valence-electron chi connectivity index (χ3n) is 5.24. The van der Waals surface area contributed by atoms with Gasteiger partial charge in [0.15, 0.2) is 5.82 Å². The van der Waals surface area contributed by atoms with Gasteiger partial charge in [0.2, 0.25) is 17.6 Å². The van der Waals surface area contributed by atoms with E-state index in [-0.39, 0.29) is 24.2 Å². The fourth-order valence-corrected chi connectivity index (χ4v) is 3.51. The van der Waals surface area contributed by atoms with Crippen molar-refractivity contribution < 1.29 is 18.8 Å². The van der Waals surface area contributed by atoms with Gasteiger partial charge in [0.1, 0.15) is 5.75 Å². The van der Waals surface area contributed by atoms with Gasteiger partial charge in [-0.2, -0.15) is 4.98 Å². The number of nitrogens with one attached hydrogen (secondary N) is 2. The van der Waals surface area contributed by atoms with Crippen LogP contribution in [0.3, 0.4) is 0 Å². The van der Waals surface area contributed by atoms with Gasteiger partial charge in [0.05, 0.1) is 12.5 Å². The molecule has 176 valence electrons. The Hall–Kier alpha value is -4.08. The van der Waals surface area contributed by atoms with E-state index in [2.05, 4.69) is 31.0 Å². The largest absolute Gasteiger partial charge is 0.494 e. The van der Waals surface area contributed by atoms with Crippen molar-refractivity contribution in [2.75, 3.05) is 19.7 Å². The number of fused-ring (bicyclic) bond motifs is 1. The standard InChI is InChI=1S/C24H26N6O4/c1-2-33-17-10-8-16(9-11-17)22-27-21(34-30-22)13-12-20(31)25-14-5-15-26-23-18-6-3-4-7-19(18)24(32)29-28-23/h3-4,6-11,19,26H,2,5,12-15H2,1H3,(H,25,31). The second kappa shape index (κ2) is 11.2. The maximum atomic E-state index is 12.1. The molecule has 1 atom stereocenters. The lowest BCUT2D eigenvalue weighted by Crippen LogP contribution is -2.28. The number of nitrogens with zero attached hydrogens (tertiary/aromatic N) is 4. The number of rotatable bonds is 11. The Bertz CT molecular complexity index is 1150. The fraction of sp³-hybridized carbons (Fsp3) is 0.333. The molecule has 0 spiro atoms. The van der Waals surface area contributed by atoms with E-state index in [1.807, 2.05) is 55.5 Å². The van der Waals surface area contributed by atoms with Gasteiger partial charge in [0.25, 0.3) is 5.91 Å². The fourth-order valence-electron chi connectivity index (χ4n) is 3.51. The van der Waals surface area contributed by atoms with Crippen molar-refractivity contribution in [1.29, 1.82) is 0 Å². The van der Waals surface area contributed by atoms with Crippen LogP contribution in [-0.2, 0) is 16.0 Å². The zero-order valence-corrected chi connectivity index (χ0v) is 18.9. The van der Waals surface area contributed by atoms with E-state index in [9.17, 15) is 9.59 Å². The van der Waals surface area contributed by atoms with Crippen molar-refractivity contribution in [3.05, 3.63) is 65.9 Å². The van der Waals surface area contributed by atoms with E-state index in [1.54, 1.807) is 0 Å². The number of carbonyl (C=O) groups excluding carboxylic acids is 2. The summed E-state index contributed by atoms with van der Waals surface area (Å²) in [4.78, 5) is 28.3. The zero-order chi connectivity index (χ0) is 23.8. The molecule has 2 aromatic rings. The summed E-state index contributed by atoms with van der Waals surface area (Å²) in [5.41, 5.74) is 1.63. The molecule has 0 radical (unpaired) electrons. The van der Waals surface area contributed by atoms with Gasteiger partial charge < -0.3 is 19.9 Å². The van der Waals surface area contributed by atoms with Crippen molar-refractivity contribution >= 4 is 11.8 Å². The number of aromatic nitrogens is 2. The number of benzene rings is 1. The van der Waals surface area contributed by atoms with Gasteiger partial charge in [-0.3, -0.25) is 9.59 Å². The van der Waals surface area contributed by atoms with E-state index in [4.69, 9.17) is 9.26 Å². The normalized spacial score (nSPS) is 16.5. The highest BCUT2D eigenvalue weighted by Gasteiger charge is 2.26. The maximum absolute atomic E-state index is 12.1. The molecule has 1 aliphatic heterocycles. The van der Waals surface area contributed by atoms with Gasteiger partial charge in [-0.05, 0) is 37.6 Å². The topological polar surface area (TPSA) is 131 Å². The highest BCUT2D eigenvalue weighted by molar-refractivity contribution is 5.86. The molecule has 1 aromatic carbocycles.